The van der Waals surface area contributed by atoms with E-state index in [9.17, 15) is 13.2 Å². The lowest BCUT2D eigenvalue weighted by Crippen LogP contribution is -2.48. The highest BCUT2D eigenvalue weighted by atomic mass is 32.2. The first kappa shape index (κ1) is 20.0. The van der Waals surface area contributed by atoms with Crippen LogP contribution in [0.25, 0.3) is 0 Å². The molecular weight excluding hydrogens is 392 g/mol. The van der Waals surface area contributed by atoms with Crippen molar-refractivity contribution in [1.82, 2.24) is 19.3 Å². The van der Waals surface area contributed by atoms with Gasteiger partial charge in [-0.1, -0.05) is 35.0 Å². The van der Waals surface area contributed by atoms with E-state index in [1.165, 1.54) is 4.31 Å². The van der Waals surface area contributed by atoms with Crippen LogP contribution in [0.3, 0.4) is 0 Å². The van der Waals surface area contributed by atoms with E-state index in [-0.39, 0.29) is 23.5 Å². The molecule has 0 saturated carbocycles. The van der Waals surface area contributed by atoms with Gasteiger partial charge in [-0.25, -0.2) is 8.42 Å². The van der Waals surface area contributed by atoms with E-state index in [2.05, 4.69) is 10.1 Å². The van der Waals surface area contributed by atoms with Crippen molar-refractivity contribution in [3.8, 4) is 0 Å². The molecule has 0 spiro atoms. The standard InChI is InChI=1S/C20H26N4O4S/c1-14-3-5-16(6-4-14)13-29(26,27)24-11-18(12-24)20-21-19(22-28-20)17-7-9-23(10-8-17)15(2)25/h3-6,17-18H,7-13H2,1-2H3. The smallest absolute Gasteiger partial charge is 0.232 e. The fraction of sp³-hybridized carbons (Fsp3) is 0.550. The van der Waals surface area contributed by atoms with Gasteiger partial charge in [-0.2, -0.15) is 9.29 Å². The molecule has 156 valence electrons. The van der Waals surface area contributed by atoms with Gasteiger partial charge in [0.15, 0.2) is 5.82 Å². The number of benzene rings is 1. The van der Waals surface area contributed by atoms with Gasteiger partial charge in [-0.05, 0) is 25.3 Å². The number of carbonyl (C=O) groups is 1. The molecule has 2 aromatic rings. The van der Waals surface area contributed by atoms with Crippen molar-refractivity contribution in [3.05, 3.63) is 47.1 Å². The molecule has 4 rings (SSSR count). The maximum atomic E-state index is 12.6. The normalized spacial score (nSPS) is 19.3. The number of hydrogen-bond donors (Lipinski definition) is 0. The number of aromatic nitrogens is 2. The molecule has 2 saturated heterocycles. The second kappa shape index (κ2) is 7.87. The highest BCUT2D eigenvalue weighted by Crippen LogP contribution is 2.32. The molecule has 2 aliphatic rings. The first-order chi connectivity index (χ1) is 13.8. The third kappa shape index (κ3) is 4.35. The first-order valence-corrected chi connectivity index (χ1v) is 11.5. The van der Waals surface area contributed by atoms with E-state index in [4.69, 9.17) is 4.52 Å². The molecule has 0 unspecified atom stereocenters. The molecule has 0 radical (unpaired) electrons. The van der Waals surface area contributed by atoms with Crippen LogP contribution in [0.4, 0.5) is 0 Å². The predicted molar refractivity (Wildman–Crippen MR) is 107 cm³/mol. The summed E-state index contributed by atoms with van der Waals surface area (Å²) in [5.41, 5.74) is 1.89. The van der Waals surface area contributed by atoms with Crippen LogP contribution in [0.5, 0.6) is 0 Å². The van der Waals surface area contributed by atoms with Gasteiger partial charge < -0.3 is 9.42 Å². The van der Waals surface area contributed by atoms with E-state index < -0.39 is 10.0 Å². The molecule has 1 aromatic carbocycles. The average molecular weight is 419 g/mol. The van der Waals surface area contributed by atoms with Crippen molar-refractivity contribution in [3.63, 3.8) is 0 Å². The summed E-state index contributed by atoms with van der Waals surface area (Å²) in [5, 5.41) is 4.12. The summed E-state index contributed by atoms with van der Waals surface area (Å²) in [7, 11) is -3.35. The van der Waals surface area contributed by atoms with Gasteiger partial charge in [0.1, 0.15) is 0 Å². The van der Waals surface area contributed by atoms with Gasteiger partial charge in [0.25, 0.3) is 0 Å². The van der Waals surface area contributed by atoms with E-state index in [0.717, 1.165) is 24.0 Å². The van der Waals surface area contributed by atoms with Crippen molar-refractivity contribution in [2.45, 2.75) is 44.3 Å². The minimum absolute atomic E-state index is 0.00378. The Morgan fingerprint density at radius 2 is 1.79 bits per heavy atom. The molecule has 2 aliphatic heterocycles. The Morgan fingerprint density at radius 1 is 1.14 bits per heavy atom. The summed E-state index contributed by atoms with van der Waals surface area (Å²) >= 11 is 0. The van der Waals surface area contributed by atoms with Crippen molar-refractivity contribution >= 4 is 15.9 Å². The van der Waals surface area contributed by atoms with Crippen molar-refractivity contribution < 1.29 is 17.7 Å². The van der Waals surface area contributed by atoms with Crippen molar-refractivity contribution in [2.75, 3.05) is 26.2 Å². The maximum Gasteiger partial charge on any atom is 0.232 e. The number of nitrogens with zero attached hydrogens (tertiary/aromatic N) is 4. The zero-order valence-corrected chi connectivity index (χ0v) is 17.6. The lowest BCUT2D eigenvalue weighted by Gasteiger charge is -2.35. The summed E-state index contributed by atoms with van der Waals surface area (Å²) in [6.07, 6.45) is 1.64. The van der Waals surface area contributed by atoms with Gasteiger partial charge in [0.2, 0.25) is 21.8 Å². The lowest BCUT2D eigenvalue weighted by molar-refractivity contribution is -0.129. The fourth-order valence-electron chi connectivity index (χ4n) is 3.84. The Kier molecular flexibility index (Phi) is 5.44. The molecule has 3 heterocycles. The van der Waals surface area contributed by atoms with Crippen molar-refractivity contribution in [1.29, 1.82) is 0 Å². The number of piperidine rings is 1. The fourth-order valence-corrected chi connectivity index (χ4v) is 5.45. The topological polar surface area (TPSA) is 96.6 Å². The van der Waals surface area contributed by atoms with Crippen LogP contribution in [-0.2, 0) is 20.6 Å². The SMILES string of the molecule is CC(=O)N1CCC(c2noc(C3CN(S(=O)(=O)Cc4ccc(C)cc4)C3)n2)CC1. The van der Waals surface area contributed by atoms with E-state index >= 15 is 0 Å². The zero-order chi connectivity index (χ0) is 20.6. The van der Waals surface area contributed by atoms with Crippen LogP contribution in [0.2, 0.25) is 0 Å². The molecule has 0 N–H and O–H groups in total. The summed E-state index contributed by atoms with van der Waals surface area (Å²) < 4.78 is 32.1. The van der Waals surface area contributed by atoms with Crippen molar-refractivity contribution in [2.24, 2.45) is 0 Å². The molecule has 1 aromatic heterocycles. The molecule has 1 amide bonds. The summed E-state index contributed by atoms with van der Waals surface area (Å²) in [6.45, 7) is 5.72. The van der Waals surface area contributed by atoms with E-state index in [0.29, 0.717) is 37.9 Å². The number of carbonyl (C=O) groups excluding carboxylic acids is 1. The Bertz CT molecular complexity index is 972. The number of hydrogen-bond acceptors (Lipinski definition) is 6. The van der Waals surface area contributed by atoms with Gasteiger partial charge in [-0.3, -0.25) is 4.79 Å². The zero-order valence-electron chi connectivity index (χ0n) is 16.7. The number of rotatable bonds is 5. The van der Waals surface area contributed by atoms with E-state index in [1.54, 1.807) is 6.92 Å². The second-order valence-corrected chi connectivity index (χ2v) is 10.00. The number of aryl methyl sites for hydroxylation is 1. The van der Waals surface area contributed by atoms with Gasteiger partial charge >= 0.3 is 0 Å². The quantitative estimate of drug-likeness (QED) is 0.737. The summed E-state index contributed by atoms with van der Waals surface area (Å²) in [5.74, 6) is 1.41. The molecule has 2 fully saturated rings. The molecule has 8 nitrogen and oxygen atoms in total. The predicted octanol–water partition coefficient (Wildman–Crippen LogP) is 2.03. The van der Waals surface area contributed by atoms with Gasteiger partial charge in [-0.15, -0.1) is 0 Å². The van der Waals surface area contributed by atoms with Gasteiger partial charge in [0.05, 0.1) is 11.7 Å². The highest BCUT2D eigenvalue weighted by Gasteiger charge is 2.40. The molecular formula is C20H26N4O4S. The molecule has 0 atom stereocenters. The minimum atomic E-state index is -3.35. The van der Waals surface area contributed by atoms with Crippen LogP contribution >= 0.6 is 0 Å². The largest absolute Gasteiger partial charge is 0.343 e. The maximum absolute atomic E-state index is 12.6. The Balaban J connectivity index is 1.32. The molecule has 29 heavy (non-hydrogen) atoms. The number of amides is 1. The Labute approximate surface area is 170 Å². The molecule has 0 aliphatic carbocycles. The Hall–Kier alpha value is -2.26. The summed E-state index contributed by atoms with van der Waals surface area (Å²) in [6, 6.07) is 7.55. The van der Waals surface area contributed by atoms with Crippen LogP contribution in [0.1, 0.15) is 54.4 Å². The number of likely N-dealkylation sites (tertiary alicyclic amines) is 1. The third-order valence-corrected chi connectivity index (χ3v) is 7.61. The lowest BCUT2D eigenvalue weighted by atomic mass is 9.96. The van der Waals surface area contributed by atoms with E-state index in [1.807, 2.05) is 36.1 Å². The van der Waals surface area contributed by atoms with Crippen LogP contribution in [0.15, 0.2) is 28.8 Å². The monoisotopic (exact) mass is 418 g/mol. The highest BCUT2D eigenvalue weighted by molar-refractivity contribution is 7.88. The minimum Gasteiger partial charge on any atom is -0.343 e. The second-order valence-electron chi connectivity index (χ2n) is 8.03. The van der Waals surface area contributed by atoms with Crippen LogP contribution in [0, 0.1) is 6.92 Å². The molecule has 0 bridgehead atoms. The van der Waals surface area contributed by atoms with Gasteiger partial charge in [0, 0.05) is 39.0 Å². The third-order valence-electron chi connectivity index (χ3n) is 5.82. The first-order valence-electron chi connectivity index (χ1n) is 9.94. The van der Waals surface area contributed by atoms with Crippen LogP contribution in [-0.4, -0.2) is 59.8 Å². The summed E-state index contributed by atoms with van der Waals surface area (Å²) in [4.78, 5) is 17.8. The molecule has 9 heteroatoms. The number of sulfonamides is 1. The Morgan fingerprint density at radius 3 is 2.41 bits per heavy atom. The van der Waals surface area contributed by atoms with Crippen LogP contribution < -0.4 is 0 Å². The average Bonchev–Trinajstić information content (AvgIpc) is 3.11.